The number of nitrogens with zero attached hydrogens (tertiary/aromatic N) is 2. The Morgan fingerprint density at radius 1 is 1.45 bits per heavy atom. The quantitative estimate of drug-likeness (QED) is 0.612. The topological polar surface area (TPSA) is 25.8 Å². The van der Waals surface area contributed by atoms with Crippen LogP contribution in [0.1, 0.15) is 0 Å². The molecule has 5 heteroatoms. The van der Waals surface area contributed by atoms with Crippen LogP contribution in [-0.4, -0.2) is 9.97 Å². The summed E-state index contributed by atoms with van der Waals surface area (Å²) in [6, 6.07) is 0. The van der Waals surface area contributed by atoms with Gasteiger partial charge >= 0.3 is 0 Å². The van der Waals surface area contributed by atoms with Crippen molar-refractivity contribution in [1.29, 1.82) is 0 Å². The largest absolute Gasteiger partial charge is 0.408 e. The zero-order valence-corrected chi connectivity index (χ0v) is 7.63. The van der Waals surface area contributed by atoms with Crippen molar-refractivity contribution >= 4 is 45.8 Å². The van der Waals surface area contributed by atoms with Crippen LogP contribution in [0.15, 0.2) is 16.7 Å². The lowest BCUT2D eigenvalue weighted by Gasteiger charge is -1.90. The van der Waals surface area contributed by atoms with Gasteiger partial charge in [0.15, 0.2) is 0 Å². The van der Waals surface area contributed by atoms with E-state index in [-0.39, 0.29) is 0 Å². The molecule has 0 unspecified atom stereocenters. The Bertz CT molecular complexity index is 398. The Morgan fingerprint density at radius 3 is 3.00 bits per heavy atom. The van der Waals surface area contributed by atoms with Gasteiger partial charge in [0.05, 0.1) is 10.5 Å². The molecule has 2 heterocycles. The lowest BCUT2D eigenvalue weighted by atomic mass is 10.4. The zero-order chi connectivity index (χ0) is 7.84. The molecule has 0 aliphatic rings. The molecule has 0 spiro atoms. The van der Waals surface area contributed by atoms with Gasteiger partial charge in [-0.15, -0.1) is 0 Å². The van der Waals surface area contributed by atoms with Crippen molar-refractivity contribution in [2.24, 2.45) is 0 Å². The van der Waals surface area contributed by atoms with Crippen LogP contribution in [-0.2, 0) is 12.6 Å². The Balaban J connectivity index is 2.90. The average Bonchev–Trinajstić information content (AvgIpc) is 2.31. The van der Waals surface area contributed by atoms with Gasteiger partial charge in [0, 0.05) is 12.4 Å². The first-order valence-electron chi connectivity index (χ1n) is 2.84. The van der Waals surface area contributed by atoms with Gasteiger partial charge in [0.2, 0.25) is 0 Å². The van der Waals surface area contributed by atoms with E-state index in [4.69, 9.17) is 24.2 Å². The standard InChI is InChI=1S/C6H3ClN2S2/c7-3-1-8-2-4-5(3)9-6(10)11-4/h1-2H,(H,9,10)/p-1. The summed E-state index contributed by atoms with van der Waals surface area (Å²) in [6.07, 6.45) is 3.28. The molecule has 0 aromatic carbocycles. The summed E-state index contributed by atoms with van der Waals surface area (Å²) in [5, 5.41) is 0.565. The minimum absolute atomic E-state index is 0.565. The van der Waals surface area contributed by atoms with Gasteiger partial charge < -0.3 is 24.0 Å². The van der Waals surface area contributed by atoms with Gasteiger partial charge in [-0.3, -0.25) is 9.97 Å². The maximum atomic E-state index is 5.81. The van der Waals surface area contributed by atoms with Crippen LogP contribution in [0.4, 0.5) is 0 Å². The third kappa shape index (κ3) is 1.17. The average molecular weight is 202 g/mol. The molecule has 11 heavy (non-hydrogen) atoms. The van der Waals surface area contributed by atoms with Crippen molar-refractivity contribution in [3.63, 3.8) is 0 Å². The third-order valence-corrected chi connectivity index (χ3v) is 2.64. The predicted molar refractivity (Wildman–Crippen MR) is 48.1 cm³/mol. The number of hydrogen-bond donors (Lipinski definition) is 0. The smallest absolute Gasteiger partial charge is 0.0843 e. The van der Waals surface area contributed by atoms with E-state index in [9.17, 15) is 0 Å². The molecule has 2 aromatic heterocycles. The highest BCUT2D eigenvalue weighted by atomic mass is 35.5. The summed E-state index contributed by atoms with van der Waals surface area (Å²) in [7, 11) is 0. The molecule has 0 saturated carbocycles. The van der Waals surface area contributed by atoms with Gasteiger partial charge in [0.1, 0.15) is 0 Å². The summed E-state index contributed by atoms with van der Waals surface area (Å²) in [6.45, 7) is 0. The lowest BCUT2D eigenvalue weighted by Crippen LogP contribution is -1.73. The van der Waals surface area contributed by atoms with Crippen LogP contribution in [0.3, 0.4) is 0 Å². The van der Waals surface area contributed by atoms with Crippen molar-refractivity contribution in [3.8, 4) is 0 Å². The summed E-state index contributed by atoms with van der Waals surface area (Å²) in [4.78, 5) is 7.99. The number of halogens is 1. The van der Waals surface area contributed by atoms with Crippen molar-refractivity contribution in [1.82, 2.24) is 9.97 Å². The third-order valence-electron chi connectivity index (χ3n) is 1.24. The minimum Gasteiger partial charge on any atom is -0.408 e. The van der Waals surface area contributed by atoms with Crippen molar-refractivity contribution in [3.05, 3.63) is 17.4 Å². The summed E-state index contributed by atoms with van der Waals surface area (Å²) >= 11 is 12.1. The van der Waals surface area contributed by atoms with E-state index in [2.05, 4.69) is 9.97 Å². The van der Waals surface area contributed by atoms with Gasteiger partial charge in [-0.05, 0) is 9.04 Å². The molecule has 2 nitrogen and oxygen atoms in total. The molecule has 56 valence electrons. The molecule has 2 rings (SSSR count). The molecule has 0 aliphatic carbocycles. The molecule has 2 aromatic rings. The molecule has 0 amide bonds. The van der Waals surface area contributed by atoms with E-state index in [1.165, 1.54) is 11.3 Å². The van der Waals surface area contributed by atoms with E-state index in [0.717, 1.165) is 10.2 Å². The summed E-state index contributed by atoms with van der Waals surface area (Å²) in [5.41, 5.74) is 0.761. The fourth-order valence-corrected chi connectivity index (χ4v) is 2.11. The minimum atomic E-state index is 0.565. The number of fused-ring (bicyclic) bond motifs is 1. The van der Waals surface area contributed by atoms with Gasteiger partial charge in [0.25, 0.3) is 0 Å². The molecular weight excluding hydrogens is 200 g/mol. The van der Waals surface area contributed by atoms with E-state index in [0.29, 0.717) is 9.36 Å². The fourth-order valence-electron chi connectivity index (χ4n) is 0.802. The first-order valence-corrected chi connectivity index (χ1v) is 4.45. The van der Waals surface area contributed by atoms with Crippen molar-refractivity contribution in [2.45, 2.75) is 4.34 Å². The van der Waals surface area contributed by atoms with Crippen LogP contribution in [0.5, 0.6) is 0 Å². The predicted octanol–water partition coefficient (Wildman–Crippen LogP) is 2.25. The highest BCUT2D eigenvalue weighted by Crippen LogP contribution is 2.26. The molecule has 0 fully saturated rings. The number of hydrogen-bond acceptors (Lipinski definition) is 4. The van der Waals surface area contributed by atoms with Crippen LogP contribution in [0, 0.1) is 0 Å². The first kappa shape index (κ1) is 7.21. The number of pyridine rings is 1. The first-order chi connectivity index (χ1) is 5.27. The maximum Gasteiger partial charge on any atom is 0.0843 e. The second kappa shape index (κ2) is 2.55. The molecule has 0 radical (unpaired) electrons. The molecule has 0 bridgehead atoms. The van der Waals surface area contributed by atoms with Gasteiger partial charge in [-0.1, -0.05) is 11.6 Å². The Kier molecular flexibility index (Phi) is 1.67. The molecule has 0 atom stereocenters. The SMILES string of the molecule is [S-]c1nc2c(Cl)cncc2s1. The van der Waals surface area contributed by atoms with Gasteiger partial charge in [-0.2, -0.15) is 0 Å². The highest BCUT2D eigenvalue weighted by molar-refractivity contribution is 7.63. The number of rotatable bonds is 0. The van der Waals surface area contributed by atoms with Crippen LogP contribution >= 0.6 is 22.9 Å². The van der Waals surface area contributed by atoms with Gasteiger partial charge in [-0.25, -0.2) is 0 Å². The molecule has 0 aliphatic heterocycles. The number of aromatic nitrogens is 2. The van der Waals surface area contributed by atoms with Crippen molar-refractivity contribution < 1.29 is 0 Å². The van der Waals surface area contributed by atoms with Crippen molar-refractivity contribution in [2.75, 3.05) is 0 Å². The second-order valence-corrected chi connectivity index (χ2v) is 4.03. The molecule has 0 N–H and O–H groups in total. The van der Waals surface area contributed by atoms with Crippen LogP contribution < -0.4 is 0 Å². The normalized spacial score (nSPS) is 10.6. The fraction of sp³-hybridized carbons (Fsp3) is 0. The second-order valence-electron chi connectivity index (χ2n) is 1.95. The van der Waals surface area contributed by atoms with E-state index in [1.54, 1.807) is 12.4 Å². The summed E-state index contributed by atoms with van der Waals surface area (Å²) in [5.74, 6) is 0. The monoisotopic (exact) mass is 201 g/mol. The maximum absolute atomic E-state index is 5.81. The Morgan fingerprint density at radius 2 is 2.27 bits per heavy atom. The van der Waals surface area contributed by atoms with Crippen LogP contribution in [0.25, 0.3) is 10.2 Å². The number of thiazole rings is 1. The highest BCUT2D eigenvalue weighted by Gasteiger charge is 1.97. The lowest BCUT2D eigenvalue weighted by molar-refractivity contribution is 1.29. The molecule has 0 saturated heterocycles. The van der Waals surface area contributed by atoms with E-state index < -0.39 is 0 Å². The molecular formula is C6H2ClN2S2-. The Labute approximate surface area is 77.7 Å². The van der Waals surface area contributed by atoms with E-state index in [1.807, 2.05) is 0 Å². The van der Waals surface area contributed by atoms with E-state index >= 15 is 0 Å². The van der Waals surface area contributed by atoms with Crippen LogP contribution in [0.2, 0.25) is 5.02 Å². The summed E-state index contributed by atoms with van der Waals surface area (Å²) < 4.78 is 1.55. The zero-order valence-electron chi connectivity index (χ0n) is 5.24. The Hall–Kier alpha value is -0.450.